The Morgan fingerprint density at radius 3 is 2.33 bits per heavy atom. The number of nitrogens with two attached hydrogens (primary N) is 1. The summed E-state index contributed by atoms with van der Waals surface area (Å²) >= 11 is 0. The second kappa shape index (κ2) is 7.00. The first-order valence-electron chi connectivity index (χ1n) is 4.75. The van der Waals surface area contributed by atoms with Crippen molar-refractivity contribution in [3.8, 4) is 0 Å². The average Bonchev–Trinajstić information content (AvgIpc) is 2.70. The largest absolute Gasteiger partial charge is 0.468 e. The minimum absolute atomic E-state index is 0.0324. The van der Waals surface area contributed by atoms with Crippen molar-refractivity contribution in [2.24, 2.45) is 5.73 Å². The van der Waals surface area contributed by atoms with Gasteiger partial charge in [-0.15, -0.1) is 0 Å². The van der Waals surface area contributed by atoms with Gasteiger partial charge in [-0.3, -0.25) is 9.59 Å². The molecule has 1 fully saturated rings. The summed E-state index contributed by atoms with van der Waals surface area (Å²) in [5.74, 6) is -0.567. The molecule has 0 saturated carbocycles. The van der Waals surface area contributed by atoms with Crippen molar-refractivity contribution in [2.45, 2.75) is 25.8 Å². The van der Waals surface area contributed by atoms with Crippen LogP contribution in [0.15, 0.2) is 12.2 Å². The van der Waals surface area contributed by atoms with Crippen molar-refractivity contribution in [3.05, 3.63) is 12.2 Å². The zero-order valence-corrected chi connectivity index (χ0v) is 9.21. The van der Waals surface area contributed by atoms with Crippen LogP contribution in [0.25, 0.3) is 0 Å². The molecular formula is C10H18N2O3. The van der Waals surface area contributed by atoms with E-state index < -0.39 is 5.91 Å². The molecule has 5 heteroatoms. The molecule has 0 unspecified atom stereocenters. The Bertz CT molecular complexity index is 233. The number of ether oxygens (including phenoxy) is 1. The van der Waals surface area contributed by atoms with Gasteiger partial charge in [0.1, 0.15) is 6.04 Å². The Hall–Kier alpha value is -1.36. The number of hydrogen-bond acceptors (Lipinski definition) is 4. The molecule has 0 aromatic heterocycles. The Morgan fingerprint density at radius 1 is 1.53 bits per heavy atom. The first-order valence-corrected chi connectivity index (χ1v) is 4.75. The van der Waals surface area contributed by atoms with E-state index in [1.165, 1.54) is 7.11 Å². The van der Waals surface area contributed by atoms with Crippen molar-refractivity contribution in [1.29, 1.82) is 0 Å². The standard InChI is InChI=1S/C6H11NO2.C4H7NO/c1-9-6(8)5-3-2-4-7-5;1-3(2)4(5)6/h5,7H,2-4H2,1H3;1H2,2H3,(H2,5,6)/t5-;/m1./s1. The van der Waals surface area contributed by atoms with E-state index in [2.05, 4.69) is 16.6 Å². The quantitative estimate of drug-likeness (QED) is 0.499. The summed E-state index contributed by atoms with van der Waals surface area (Å²) in [7, 11) is 1.42. The van der Waals surface area contributed by atoms with Crippen LogP contribution in [0.2, 0.25) is 0 Å². The average molecular weight is 214 g/mol. The topological polar surface area (TPSA) is 81.4 Å². The maximum atomic E-state index is 10.7. The number of methoxy groups -OCH3 is 1. The van der Waals surface area contributed by atoms with Gasteiger partial charge in [0.25, 0.3) is 0 Å². The monoisotopic (exact) mass is 214 g/mol. The van der Waals surface area contributed by atoms with Crippen molar-refractivity contribution in [3.63, 3.8) is 0 Å². The van der Waals surface area contributed by atoms with Crippen molar-refractivity contribution in [1.82, 2.24) is 5.32 Å². The minimum atomic E-state index is -0.435. The molecule has 0 bridgehead atoms. The lowest BCUT2D eigenvalue weighted by Gasteiger charge is -2.04. The lowest BCUT2D eigenvalue weighted by molar-refractivity contribution is -0.142. The summed E-state index contributed by atoms with van der Waals surface area (Å²) in [6.45, 7) is 5.80. The van der Waals surface area contributed by atoms with Crippen LogP contribution in [-0.4, -0.2) is 31.6 Å². The third-order valence-corrected chi connectivity index (χ3v) is 1.97. The van der Waals surface area contributed by atoms with Crippen LogP contribution in [0.1, 0.15) is 19.8 Å². The van der Waals surface area contributed by atoms with Crippen LogP contribution in [0, 0.1) is 0 Å². The maximum absolute atomic E-state index is 10.7. The van der Waals surface area contributed by atoms with Gasteiger partial charge in [-0.2, -0.15) is 0 Å². The van der Waals surface area contributed by atoms with Crippen molar-refractivity contribution >= 4 is 11.9 Å². The summed E-state index contributed by atoms with van der Waals surface area (Å²) in [6.07, 6.45) is 2.01. The molecule has 1 atom stereocenters. The third-order valence-electron chi connectivity index (χ3n) is 1.97. The molecule has 1 saturated heterocycles. The highest BCUT2D eigenvalue weighted by Crippen LogP contribution is 2.05. The maximum Gasteiger partial charge on any atom is 0.322 e. The molecule has 5 nitrogen and oxygen atoms in total. The van der Waals surface area contributed by atoms with Crippen LogP contribution in [0.3, 0.4) is 0 Å². The lowest BCUT2D eigenvalue weighted by Crippen LogP contribution is -2.31. The molecule has 1 heterocycles. The molecule has 0 aromatic rings. The van der Waals surface area contributed by atoms with Gasteiger partial charge in [0, 0.05) is 5.57 Å². The number of hydrogen-bond donors (Lipinski definition) is 2. The van der Waals surface area contributed by atoms with Crippen LogP contribution >= 0.6 is 0 Å². The van der Waals surface area contributed by atoms with E-state index in [4.69, 9.17) is 5.73 Å². The molecule has 0 aliphatic carbocycles. The number of primary amides is 1. The van der Waals surface area contributed by atoms with Gasteiger partial charge in [-0.1, -0.05) is 6.58 Å². The fourth-order valence-electron chi connectivity index (χ4n) is 1.03. The van der Waals surface area contributed by atoms with E-state index in [0.29, 0.717) is 5.57 Å². The number of rotatable bonds is 2. The van der Waals surface area contributed by atoms with E-state index in [-0.39, 0.29) is 12.0 Å². The van der Waals surface area contributed by atoms with Crippen molar-refractivity contribution < 1.29 is 14.3 Å². The van der Waals surface area contributed by atoms with E-state index in [9.17, 15) is 9.59 Å². The van der Waals surface area contributed by atoms with E-state index >= 15 is 0 Å². The summed E-state index contributed by atoms with van der Waals surface area (Å²) in [5.41, 5.74) is 5.09. The Morgan fingerprint density at radius 2 is 2.07 bits per heavy atom. The molecule has 0 spiro atoms. The van der Waals surface area contributed by atoms with Crippen LogP contribution < -0.4 is 11.1 Å². The second-order valence-corrected chi connectivity index (χ2v) is 3.32. The molecule has 3 N–H and O–H groups in total. The van der Waals surface area contributed by atoms with Gasteiger partial charge in [0.15, 0.2) is 0 Å². The molecule has 86 valence electrons. The molecule has 0 aromatic carbocycles. The van der Waals surface area contributed by atoms with Gasteiger partial charge in [0.2, 0.25) is 5.91 Å². The minimum Gasteiger partial charge on any atom is -0.468 e. The SMILES string of the molecule is C=C(C)C(N)=O.COC(=O)[C@H]1CCCN1. The normalized spacial score (nSPS) is 18.7. The van der Waals surface area contributed by atoms with Crippen molar-refractivity contribution in [2.75, 3.05) is 13.7 Å². The summed E-state index contributed by atoms with van der Waals surface area (Å²) < 4.78 is 4.53. The highest BCUT2D eigenvalue weighted by Gasteiger charge is 2.21. The molecular weight excluding hydrogens is 196 g/mol. The predicted octanol–water partition coefficient (Wildman–Crippen LogP) is -0.0408. The van der Waals surface area contributed by atoms with E-state index in [1.807, 2.05) is 0 Å². The van der Waals surface area contributed by atoms with Crippen LogP contribution in [-0.2, 0) is 14.3 Å². The second-order valence-electron chi connectivity index (χ2n) is 3.32. The Labute approximate surface area is 89.7 Å². The summed E-state index contributed by atoms with van der Waals surface area (Å²) in [6, 6.07) is -0.0324. The summed E-state index contributed by atoms with van der Waals surface area (Å²) in [5, 5.41) is 3.03. The van der Waals surface area contributed by atoms with Gasteiger partial charge >= 0.3 is 5.97 Å². The Balaban J connectivity index is 0.000000288. The van der Waals surface area contributed by atoms with E-state index in [0.717, 1.165) is 19.4 Å². The number of nitrogens with one attached hydrogen (secondary N) is 1. The van der Waals surface area contributed by atoms with Crippen LogP contribution in [0.4, 0.5) is 0 Å². The fourth-order valence-corrected chi connectivity index (χ4v) is 1.03. The smallest absolute Gasteiger partial charge is 0.322 e. The molecule has 1 amide bonds. The number of carbonyl (C=O) groups excluding carboxylic acids is 2. The first kappa shape index (κ1) is 13.6. The fraction of sp³-hybridized carbons (Fsp3) is 0.600. The van der Waals surface area contributed by atoms with E-state index in [1.54, 1.807) is 6.92 Å². The number of esters is 1. The molecule has 1 aliphatic rings. The summed E-state index contributed by atoms with van der Waals surface area (Å²) in [4.78, 5) is 20.6. The third kappa shape index (κ3) is 5.85. The van der Waals surface area contributed by atoms with Gasteiger partial charge in [0.05, 0.1) is 7.11 Å². The lowest BCUT2D eigenvalue weighted by atomic mass is 10.2. The highest BCUT2D eigenvalue weighted by atomic mass is 16.5. The Kier molecular flexibility index (Phi) is 6.37. The van der Waals surface area contributed by atoms with Gasteiger partial charge in [-0.05, 0) is 26.3 Å². The molecule has 1 aliphatic heterocycles. The zero-order chi connectivity index (χ0) is 11.8. The van der Waals surface area contributed by atoms with Gasteiger partial charge < -0.3 is 15.8 Å². The van der Waals surface area contributed by atoms with Crippen LogP contribution in [0.5, 0.6) is 0 Å². The first-order chi connectivity index (χ1) is 6.99. The number of amides is 1. The van der Waals surface area contributed by atoms with Gasteiger partial charge in [-0.25, -0.2) is 0 Å². The molecule has 15 heavy (non-hydrogen) atoms. The molecule has 0 radical (unpaired) electrons. The molecule has 1 rings (SSSR count). The predicted molar refractivity (Wildman–Crippen MR) is 57.0 cm³/mol. The number of carbonyl (C=O) groups is 2. The zero-order valence-electron chi connectivity index (χ0n) is 9.21. The highest BCUT2D eigenvalue weighted by molar-refractivity contribution is 5.90.